The molecule has 0 spiro atoms. The Morgan fingerprint density at radius 3 is 1.29 bits per heavy atom. The normalized spacial score (nSPS) is 8.29. The molecule has 4 N–H and O–H groups in total. The van der Waals surface area contributed by atoms with Crippen molar-refractivity contribution < 1.29 is 87.8 Å². The van der Waals surface area contributed by atoms with Gasteiger partial charge in [-0.05, 0) is 0 Å². The van der Waals surface area contributed by atoms with Gasteiger partial charge >= 0.3 is 80.9 Å². The van der Waals surface area contributed by atoms with E-state index in [-0.39, 0.29) is 58.3 Å². The molecule has 0 saturated carbocycles. The maximum absolute atomic E-state index is 8.82. The SMILES string of the molecule is O.[H-].[K+].[O]=[Cr](=[O])([OH])[OH]. The van der Waals surface area contributed by atoms with Crippen LogP contribution in [0, 0.1) is 0 Å². The minimum atomic E-state index is -5.25. The van der Waals surface area contributed by atoms with Crippen LogP contribution in [0.1, 0.15) is 1.43 Å². The molecule has 0 aromatic rings. The molecule has 0 unspecified atom stereocenters. The summed E-state index contributed by atoms with van der Waals surface area (Å²) in [7, 11) is 0. The monoisotopic (exact) mass is 176 g/mol. The van der Waals surface area contributed by atoms with Crippen molar-refractivity contribution in [1.82, 2.24) is 0 Å². The van der Waals surface area contributed by atoms with Crippen LogP contribution in [0.5, 0.6) is 0 Å². The molecule has 0 atom stereocenters. The quantitative estimate of drug-likeness (QED) is 0.360. The van der Waals surface area contributed by atoms with Crippen LogP contribution in [0.2, 0.25) is 0 Å². The van der Waals surface area contributed by atoms with Gasteiger partial charge in [-0.2, -0.15) is 0 Å². The molecular weight excluding hydrogens is 171 g/mol. The van der Waals surface area contributed by atoms with Crippen molar-refractivity contribution in [3.05, 3.63) is 0 Å². The molecule has 0 aliphatic carbocycles. The number of hydrogen-bond acceptors (Lipinski definition) is 2. The van der Waals surface area contributed by atoms with Gasteiger partial charge in [-0.25, -0.2) is 0 Å². The van der Waals surface area contributed by atoms with E-state index < -0.39 is 13.6 Å². The van der Waals surface area contributed by atoms with Crippen molar-refractivity contribution in [3.8, 4) is 0 Å². The van der Waals surface area contributed by atoms with Gasteiger partial charge in [0.15, 0.2) is 0 Å². The average Bonchev–Trinajstić information content (AvgIpc) is 0.722. The molecule has 0 aliphatic heterocycles. The summed E-state index contributed by atoms with van der Waals surface area (Å²) in [6.45, 7) is 0. The second-order valence-corrected chi connectivity index (χ2v) is 1.85. The fourth-order valence-electron chi connectivity index (χ4n) is 0. The van der Waals surface area contributed by atoms with Gasteiger partial charge in [-0.15, -0.1) is 0 Å². The molecule has 0 bridgehead atoms. The Labute approximate surface area is 86.3 Å². The summed E-state index contributed by atoms with van der Waals surface area (Å²) in [6, 6.07) is 0. The predicted molar refractivity (Wildman–Crippen MR) is 10.5 cm³/mol. The van der Waals surface area contributed by atoms with E-state index in [4.69, 9.17) is 15.9 Å². The first-order valence-corrected chi connectivity index (χ1v) is 2.88. The molecule has 0 heterocycles. The van der Waals surface area contributed by atoms with Crippen LogP contribution >= 0.6 is 0 Å². The van der Waals surface area contributed by atoms with E-state index >= 15 is 0 Å². The first-order valence-electron chi connectivity index (χ1n) is 0.698. The van der Waals surface area contributed by atoms with Crippen molar-refractivity contribution in [1.29, 1.82) is 0 Å². The molecule has 42 valence electrons. The van der Waals surface area contributed by atoms with Gasteiger partial charge in [0, 0.05) is 0 Å². The van der Waals surface area contributed by atoms with Crippen LogP contribution in [0.4, 0.5) is 0 Å². The van der Waals surface area contributed by atoms with Crippen LogP contribution in [0.3, 0.4) is 0 Å². The second-order valence-electron chi connectivity index (χ2n) is 0.448. The third kappa shape index (κ3) is 89.8. The van der Waals surface area contributed by atoms with Crippen LogP contribution in [0.15, 0.2) is 0 Å². The summed E-state index contributed by atoms with van der Waals surface area (Å²) in [6.07, 6.45) is 0. The third-order valence-corrected chi connectivity index (χ3v) is 0. The Hall–Kier alpha value is 1.65. The van der Waals surface area contributed by atoms with Gasteiger partial charge in [-0.3, -0.25) is 0 Å². The van der Waals surface area contributed by atoms with E-state index in [0.29, 0.717) is 0 Å². The van der Waals surface area contributed by atoms with E-state index in [9.17, 15) is 0 Å². The second kappa shape index (κ2) is 5.78. The fraction of sp³-hybridized carbons (Fsp3) is 0. The summed E-state index contributed by atoms with van der Waals surface area (Å²) in [4.78, 5) is 0. The summed E-state index contributed by atoms with van der Waals surface area (Å²) in [5.74, 6) is 0. The summed E-state index contributed by atoms with van der Waals surface area (Å²) in [5, 5.41) is 0. The van der Waals surface area contributed by atoms with Crippen LogP contribution in [0.25, 0.3) is 0 Å². The molecule has 7 heteroatoms. The Balaban J connectivity index is -0.0000000267. The van der Waals surface area contributed by atoms with Crippen molar-refractivity contribution in [2.45, 2.75) is 0 Å². The molecule has 0 radical (unpaired) electrons. The summed E-state index contributed by atoms with van der Waals surface area (Å²) < 4.78 is 31.9. The topological polar surface area (TPSA) is 106 Å². The molecule has 0 aromatic heterocycles. The first kappa shape index (κ1) is 15.9. The molecule has 0 aromatic carbocycles. The number of hydrogen-bond donors (Lipinski definition) is 2. The van der Waals surface area contributed by atoms with Gasteiger partial charge in [0.25, 0.3) is 0 Å². The minimum absolute atomic E-state index is 0. The molecule has 0 fully saturated rings. The van der Waals surface area contributed by atoms with E-state index in [1.54, 1.807) is 0 Å². The predicted octanol–water partition coefficient (Wildman–Crippen LogP) is -5.06. The Kier molecular flexibility index (Phi) is 13.1. The molecule has 0 amide bonds. The van der Waals surface area contributed by atoms with Gasteiger partial charge < -0.3 is 6.90 Å². The Morgan fingerprint density at radius 1 is 1.29 bits per heavy atom. The zero-order valence-electron chi connectivity index (χ0n) is 4.62. The summed E-state index contributed by atoms with van der Waals surface area (Å²) in [5.41, 5.74) is 0. The van der Waals surface area contributed by atoms with Crippen molar-refractivity contribution in [2.24, 2.45) is 0 Å². The van der Waals surface area contributed by atoms with Gasteiger partial charge in [0.05, 0.1) is 0 Å². The van der Waals surface area contributed by atoms with Crippen molar-refractivity contribution >= 4 is 0 Å². The van der Waals surface area contributed by atoms with Gasteiger partial charge in [0.1, 0.15) is 0 Å². The van der Waals surface area contributed by atoms with Crippen LogP contribution in [-0.2, 0) is 21.2 Å². The van der Waals surface area contributed by atoms with Crippen LogP contribution < -0.4 is 51.4 Å². The van der Waals surface area contributed by atoms with E-state index in [2.05, 4.69) is 0 Å². The Morgan fingerprint density at radius 2 is 1.29 bits per heavy atom. The van der Waals surface area contributed by atoms with Gasteiger partial charge in [-0.1, -0.05) is 0 Å². The molecule has 5 nitrogen and oxygen atoms in total. The van der Waals surface area contributed by atoms with E-state index in [0.717, 1.165) is 0 Å². The number of rotatable bonds is 0. The zero-order valence-corrected chi connectivity index (χ0v) is 8.02. The third-order valence-electron chi connectivity index (χ3n) is 0. The average molecular weight is 176 g/mol. The zero-order chi connectivity index (χ0) is 4.50. The fourth-order valence-corrected chi connectivity index (χ4v) is 0. The molecule has 0 saturated heterocycles. The van der Waals surface area contributed by atoms with E-state index in [1.807, 2.05) is 0 Å². The van der Waals surface area contributed by atoms with Gasteiger partial charge in [0.2, 0.25) is 0 Å². The molecule has 7 heavy (non-hydrogen) atoms. The standard InChI is InChI=1S/Cr.K.3H2O.2O.H/h;;3*1H2;;;/q+2;+1;;;;;;-1/p-2. The Bertz CT molecular complexity index is 95.6. The van der Waals surface area contributed by atoms with E-state index in [1.165, 1.54) is 0 Å². The maximum atomic E-state index is 8.82. The van der Waals surface area contributed by atoms with Crippen molar-refractivity contribution in [3.63, 3.8) is 0 Å². The summed E-state index contributed by atoms with van der Waals surface area (Å²) >= 11 is -5.25. The molecular formula is H5CrKO5. The molecule has 0 aliphatic rings. The van der Waals surface area contributed by atoms with Crippen molar-refractivity contribution in [2.75, 3.05) is 0 Å². The first-order chi connectivity index (χ1) is 2.00. The van der Waals surface area contributed by atoms with Crippen LogP contribution in [-0.4, -0.2) is 13.8 Å². The molecule has 0 rings (SSSR count).